The minimum atomic E-state index is 0.0356. The van der Waals surface area contributed by atoms with Gasteiger partial charge in [-0.2, -0.15) is 0 Å². The van der Waals surface area contributed by atoms with Gasteiger partial charge in [0, 0.05) is 28.4 Å². The molecule has 0 spiro atoms. The zero-order valence-electron chi connectivity index (χ0n) is 10.4. The Hall–Kier alpha value is -0.660. The molecule has 3 N–H and O–H groups in total. The van der Waals surface area contributed by atoms with Crippen molar-refractivity contribution in [1.29, 1.82) is 0 Å². The van der Waals surface area contributed by atoms with E-state index in [2.05, 4.69) is 38.9 Å². The molecule has 1 aliphatic heterocycles. The number of aryl methyl sites for hydroxylation is 1. The molecule has 0 bridgehead atoms. The number of hydrogen-bond donors (Lipinski definition) is 2. The molecule has 0 aliphatic carbocycles. The summed E-state index contributed by atoms with van der Waals surface area (Å²) in [4.78, 5) is 14.0. The van der Waals surface area contributed by atoms with Gasteiger partial charge in [-0.05, 0) is 59.7 Å². The summed E-state index contributed by atoms with van der Waals surface area (Å²) >= 11 is 2.26. The maximum Gasteiger partial charge on any atom is 0.238 e. The first-order valence-electron chi connectivity index (χ1n) is 6.08. The number of carbonyl (C=O) groups excluding carboxylic acids is 1. The minimum Gasteiger partial charge on any atom is -0.326 e. The third-order valence-corrected chi connectivity index (χ3v) is 3.81. The molecule has 1 atom stereocenters. The monoisotopic (exact) mass is 359 g/mol. The number of carbonyl (C=O) groups is 1. The van der Waals surface area contributed by atoms with E-state index >= 15 is 0 Å². The summed E-state index contributed by atoms with van der Waals surface area (Å²) in [6.45, 7) is 4.17. The maximum atomic E-state index is 11.9. The first kappa shape index (κ1) is 13.8. The topological polar surface area (TPSA) is 58.4 Å². The van der Waals surface area contributed by atoms with Crippen LogP contribution in [0.3, 0.4) is 0 Å². The summed E-state index contributed by atoms with van der Waals surface area (Å²) in [5.74, 6) is 0.0356. The van der Waals surface area contributed by atoms with Crippen LogP contribution in [-0.4, -0.2) is 36.5 Å². The Bertz CT molecular complexity index is 450. The molecular weight excluding hydrogens is 341 g/mol. The van der Waals surface area contributed by atoms with E-state index in [4.69, 9.17) is 5.73 Å². The number of anilines is 1. The molecule has 0 aromatic heterocycles. The normalized spacial score (nSPS) is 20.1. The number of nitrogens with zero attached hydrogens (tertiary/aromatic N) is 1. The van der Waals surface area contributed by atoms with E-state index in [1.165, 1.54) is 3.57 Å². The molecule has 0 unspecified atom stereocenters. The average Bonchev–Trinajstić information content (AvgIpc) is 2.68. The van der Waals surface area contributed by atoms with Gasteiger partial charge in [-0.25, -0.2) is 0 Å². The van der Waals surface area contributed by atoms with Crippen LogP contribution in [0.15, 0.2) is 18.2 Å². The van der Waals surface area contributed by atoms with Gasteiger partial charge >= 0.3 is 0 Å². The van der Waals surface area contributed by atoms with E-state index in [9.17, 15) is 4.79 Å². The van der Waals surface area contributed by atoms with Gasteiger partial charge in [0.25, 0.3) is 0 Å². The first-order valence-corrected chi connectivity index (χ1v) is 7.16. The van der Waals surface area contributed by atoms with Crippen LogP contribution in [0.2, 0.25) is 0 Å². The summed E-state index contributed by atoms with van der Waals surface area (Å²) in [5.41, 5.74) is 7.80. The number of likely N-dealkylation sites (tertiary alicyclic amines) is 1. The molecule has 1 aliphatic rings. The van der Waals surface area contributed by atoms with Crippen LogP contribution in [0.1, 0.15) is 12.0 Å². The Morgan fingerprint density at radius 2 is 2.39 bits per heavy atom. The highest BCUT2D eigenvalue weighted by molar-refractivity contribution is 14.1. The van der Waals surface area contributed by atoms with Crippen molar-refractivity contribution >= 4 is 34.2 Å². The number of amides is 1. The lowest BCUT2D eigenvalue weighted by Gasteiger charge is -2.15. The van der Waals surface area contributed by atoms with E-state index < -0.39 is 0 Å². The molecule has 1 saturated heterocycles. The highest BCUT2D eigenvalue weighted by Crippen LogP contribution is 2.17. The molecule has 1 fully saturated rings. The molecule has 1 aromatic carbocycles. The summed E-state index contributed by atoms with van der Waals surface area (Å²) in [7, 11) is 0. The predicted octanol–water partition coefficient (Wildman–Crippen LogP) is 1.57. The van der Waals surface area contributed by atoms with Gasteiger partial charge in [-0.1, -0.05) is 0 Å². The molecular formula is C13H18IN3O. The van der Waals surface area contributed by atoms with E-state index in [0.29, 0.717) is 6.54 Å². The molecule has 1 heterocycles. The van der Waals surface area contributed by atoms with Crippen molar-refractivity contribution < 1.29 is 4.79 Å². The lowest BCUT2D eigenvalue weighted by Crippen LogP contribution is -2.33. The molecule has 0 radical (unpaired) electrons. The number of nitrogens with two attached hydrogens (primary N) is 1. The van der Waals surface area contributed by atoms with Crippen LogP contribution in [0.25, 0.3) is 0 Å². The number of hydrogen-bond acceptors (Lipinski definition) is 3. The molecule has 2 rings (SSSR count). The second kappa shape index (κ2) is 5.99. The Kier molecular flexibility index (Phi) is 4.58. The highest BCUT2D eigenvalue weighted by atomic mass is 127. The summed E-state index contributed by atoms with van der Waals surface area (Å²) < 4.78 is 1.17. The maximum absolute atomic E-state index is 11.9. The van der Waals surface area contributed by atoms with Crippen molar-refractivity contribution in [2.45, 2.75) is 19.4 Å². The van der Waals surface area contributed by atoms with Crippen LogP contribution >= 0.6 is 22.6 Å². The third-order valence-electron chi connectivity index (χ3n) is 3.14. The lowest BCUT2D eigenvalue weighted by atomic mass is 10.2. The first-order chi connectivity index (χ1) is 8.54. The zero-order chi connectivity index (χ0) is 13.1. The van der Waals surface area contributed by atoms with Gasteiger partial charge in [-0.15, -0.1) is 0 Å². The molecule has 18 heavy (non-hydrogen) atoms. The van der Waals surface area contributed by atoms with Gasteiger partial charge < -0.3 is 11.1 Å². The van der Waals surface area contributed by atoms with Crippen LogP contribution in [0.5, 0.6) is 0 Å². The molecule has 98 valence electrons. The van der Waals surface area contributed by atoms with Crippen molar-refractivity contribution in [3.8, 4) is 0 Å². The number of rotatable bonds is 3. The van der Waals surface area contributed by atoms with Gasteiger partial charge in [0.2, 0.25) is 5.91 Å². The molecule has 1 amide bonds. The standard InChI is InChI=1S/C13H18IN3O/c1-9-6-10(14)2-3-12(9)16-13(18)8-17-5-4-11(15)7-17/h2-3,6,11H,4-5,7-8,15H2,1H3,(H,16,18)/t11-/m1/s1. The Labute approximate surface area is 121 Å². The SMILES string of the molecule is Cc1cc(I)ccc1NC(=O)CN1CC[C@@H](N)C1. The smallest absolute Gasteiger partial charge is 0.238 e. The average molecular weight is 359 g/mol. The third kappa shape index (κ3) is 3.66. The second-order valence-electron chi connectivity index (χ2n) is 4.79. The number of halogens is 1. The predicted molar refractivity (Wildman–Crippen MR) is 81.6 cm³/mol. The molecule has 0 saturated carbocycles. The number of benzene rings is 1. The molecule has 5 heteroatoms. The Morgan fingerprint density at radius 3 is 3.00 bits per heavy atom. The van der Waals surface area contributed by atoms with Crippen molar-refractivity contribution in [1.82, 2.24) is 4.90 Å². The van der Waals surface area contributed by atoms with E-state index in [1.54, 1.807) is 0 Å². The second-order valence-corrected chi connectivity index (χ2v) is 6.04. The highest BCUT2D eigenvalue weighted by Gasteiger charge is 2.21. The fourth-order valence-corrected chi connectivity index (χ4v) is 2.81. The van der Waals surface area contributed by atoms with E-state index in [1.807, 2.05) is 19.1 Å². The summed E-state index contributed by atoms with van der Waals surface area (Å²) in [5, 5.41) is 2.95. The van der Waals surface area contributed by atoms with Gasteiger partial charge in [-0.3, -0.25) is 9.69 Å². The van der Waals surface area contributed by atoms with Crippen LogP contribution < -0.4 is 11.1 Å². The van der Waals surface area contributed by atoms with E-state index in [-0.39, 0.29) is 11.9 Å². The minimum absolute atomic E-state index is 0.0356. The quantitative estimate of drug-likeness (QED) is 0.806. The molecule has 4 nitrogen and oxygen atoms in total. The van der Waals surface area contributed by atoms with Gasteiger partial charge in [0.05, 0.1) is 6.54 Å². The van der Waals surface area contributed by atoms with E-state index in [0.717, 1.165) is 30.8 Å². The number of nitrogens with one attached hydrogen (secondary N) is 1. The summed E-state index contributed by atoms with van der Waals surface area (Å²) in [6.07, 6.45) is 0.982. The van der Waals surface area contributed by atoms with Gasteiger partial charge in [0.15, 0.2) is 0 Å². The van der Waals surface area contributed by atoms with Gasteiger partial charge in [0.1, 0.15) is 0 Å². The Morgan fingerprint density at radius 1 is 1.61 bits per heavy atom. The van der Waals surface area contributed by atoms with Crippen molar-refractivity contribution in [3.05, 3.63) is 27.3 Å². The molecule has 1 aromatic rings. The lowest BCUT2D eigenvalue weighted by molar-refractivity contribution is -0.117. The fourth-order valence-electron chi connectivity index (χ4n) is 2.17. The largest absolute Gasteiger partial charge is 0.326 e. The van der Waals surface area contributed by atoms with Crippen molar-refractivity contribution in [3.63, 3.8) is 0 Å². The van der Waals surface area contributed by atoms with Crippen molar-refractivity contribution in [2.24, 2.45) is 5.73 Å². The zero-order valence-corrected chi connectivity index (χ0v) is 12.6. The van der Waals surface area contributed by atoms with Crippen LogP contribution in [0.4, 0.5) is 5.69 Å². The Balaban J connectivity index is 1.91. The summed E-state index contributed by atoms with van der Waals surface area (Å²) in [6, 6.07) is 6.22. The van der Waals surface area contributed by atoms with Crippen LogP contribution in [-0.2, 0) is 4.79 Å². The van der Waals surface area contributed by atoms with Crippen molar-refractivity contribution in [2.75, 3.05) is 25.0 Å². The van der Waals surface area contributed by atoms with Crippen LogP contribution in [0, 0.1) is 10.5 Å². The fraction of sp³-hybridized carbons (Fsp3) is 0.462.